The van der Waals surface area contributed by atoms with Crippen LogP contribution in [0.15, 0.2) is 47.8 Å². The van der Waals surface area contributed by atoms with Crippen molar-refractivity contribution in [3.63, 3.8) is 0 Å². The Hall–Kier alpha value is -3.03. The number of anilines is 2. The lowest BCUT2D eigenvalue weighted by molar-refractivity contribution is -0.119. The summed E-state index contributed by atoms with van der Waals surface area (Å²) in [4.78, 5) is 31.8. The number of thiazole rings is 1. The van der Waals surface area contributed by atoms with E-state index < -0.39 is 0 Å². The van der Waals surface area contributed by atoms with Crippen LogP contribution in [0.3, 0.4) is 0 Å². The van der Waals surface area contributed by atoms with Crippen molar-refractivity contribution < 1.29 is 9.59 Å². The minimum atomic E-state index is -0.0830. The van der Waals surface area contributed by atoms with Crippen molar-refractivity contribution in [3.05, 3.63) is 64.5 Å². The lowest BCUT2D eigenvalue weighted by Crippen LogP contribution is -2.37. The van der Waals surface area contributed by atoms with Crippen molar-refractivity contribution in [2.75, 3.05) is 23.7 Å². The second-order valence-electron chi connectivity index (χ2n) is 8.77. The molecule has 2 N–H and O–H groups in total. The van der Waals surface area contributed by atoms with E-state index >= 15 is 0 Å². The quantitative estimate of drug-likeness (QED) is 0.460. The summed E-state index contributed by atoms with van der Waals surface area (Å²) in [6, 6.07) is 14.6. The third kappa shape index (κ3) is 6.49. The first kappa shape index (κ1) is 23.1. The first-order chi connectivity index (χ1) is 15.9. The Balaban J connectivity index is 1.28. The monoisotopic (exact) mass is 462 g/mol. The van der Waals surface area contributed by atoms with Crippen LogP contribution in [-0.4, -0.2) is 40.8 Å². The van der Waals surface area contributed by atoms with Gasteiger partial charge in [0.2, 0.25) is 11.8 Å². The van der Waals surface area contributed by atoms with Crippen LogP contribution in [0.25, 0.3) is 11.3 Å². The van der Waals surface area contributed by atoms with Crippen molar-refractivity contribution in [3.8, 4) is 11.3 Å². The van der Waals surface area contributed by atoms with E-state index in [1.807, 2.05) is 49.6 Å². The number of amides is 2. The zero-order valence-electron chi connectivity index (χ0n) is 19.4. The van der Waals surface area contributed by atoms with Gasteiger partial charge in [0.25, 0.3) is 0 Å². The van der Waals surface area contributed by atoms with Crippen LogP contribution in [0.5, 0.6) is 0 Å². The average Bonchev–Trinajstić information content (AvgIpc) is 3.53. The van der Waals surface area contributed by atoms with Crippen LogP contribution in [0.2, 0.25) is 0 Å². The number of nitrogens with zero attached hydrogens (tertiary/aromatic N) is 2. The number of aryl methyl sites for hydroxylation is 3. The van der Waals surface area contributed by atoms with E-state index in [1.165, 1.54) is 16.9 Å². The van der Waals surface area contributed by atoms with Gasteiger partial charge in [0.1, 0.15) is 0 Å². The maximum atomic E-state index is 12.7. The molecule has 33 heavy (non-hydrogen) atoms. The molecule has 0 spiro atoms. The molecule has 0 aliphatic heterocycles. The van der Waals surface area contributed by atoms with Gasteiger partial charge in [-0.25, -0.2) is 4.98 Å². The molecule has 0 radical (unpaired) electrons. The maximum Gasteiger partial charge on any atom is 0.238 e. The van der Waals surface area contributed by atoms with Gasteiger partial charge in [0.05, 0.1) is 12.2 Å². The van der Waals surface area contributed by atoms with E-state index in [2.05, 4.69) is 39.6 Å². The number of benzene rings is 2. The highest BCUT2D eigenvalue weighted by Crippen LogP contribution is 2.28. The highest BCUT2D eigenvalue weighted by atomic mass is 32.1. The van der Waals surface area contributed by atoms with Crippen molar-refractivity contribution in [2.24, 2.45) is 0 Å². The minimum absolute atomic E-state index is 0.0429. The summed E-state index contributed by atoms with van der Waals surface area (Å²) in [7, 11) is 0. The first-order valence-corrected chi connectivity index (χ1v) is 12.2. The van der Waals surface area contributed by atoms with Gasteiger partial charge >= 0.3 is 0 Å². The van der Waals surface area contributed by atoms with Crippen LogP contribution >= 0.6 is 11.3 Å². The largest absolute Gasteiger partial charge is 0.325 e. The second kappa shape index (κ2) is 10.3. The zero-order chi connectivity index (χ0) is 23.4. The maximum absolute atomic E-state index is 12.7. The number of rotatable bonds is 9. The molecule has 1 heterocycles. The van der Waals surface area contributed by atoms with E-state index in [9.17, 15) is 9.59 Å². The molecular formula is C26H30N4O2S. The molecule has 1 aliphatic rings. The van der Waals surface area contributed by atoms with E-state index in [-0.39, 0.29) is 11.8 Å². The number of carbonyl (C=O) groups is 2. The Kier molecular flexibility index (Phi) is 7.20. The zero-order valence-corrected chi connectivity index (χ0v) is 20.2. The highest BCUT2D eigenvalue weighted by Gasteiger charge is 2.30. The SMILES string of the molecule is Cc1ccc(-c2csc(NC(=O)CCN(CC(=O)Nc3cc(C)ccc3C)C3CC3)n2)cc1. The molecule has 1 fully saturated rings. The minimum Gasteiger partial charge on any atom is -0.325 e. The van der Waals surface area contributed by atoms with Gasteiger partial charge < -0.3 is 10.6 Å². The predicted molar refractivity (Wildman–Crippen MR) is 135 cm³/mol. The predicted octanol–water partition coefficient (Wildman–Crippen LogP) is 5.17. The summed E-state index contributed by atoms with van der Waals surface area (Å²) >= 11 is 1.42. The normalized spacial score (nSPS) is 13.2. The molecule has 1 aromatic heterocycles. The fraction of sp³-hybridized carbons (Fsp3) is 0.346. The van der Waals surface area contributed by atoms with Crippen LogP contribution in [0.4, 0.5) is 10.8 Å². The molecule has 7 heteroatoms. The molecule has 0 atom stereocenters. The topological polar surface area (TPSA) is 74.3 Å². The molecule has 4 rings (SSSR count). The smallest absolute Gasteiger partial charge is 0.238 e. The number of nitrogens with one attached hydrogen (secondary N) is 2. The number of hydrogen-bond acceptors (Lipinski definition) is 5. The fourth-order valence-corrected chi connectivity index (χ4v) is 4.43. The standard InChI is InChI=1S/C26H30N4O2S/c1-17-5-8-20(9-6-17)23-16-33-26(28-23)29-24(31)12-13-30(21-10-11-21)15-25(32)27-22-14-18(2)4-7-19(22)3/h4-9,14,16,21H,10-13,15H2,1-3H3,(H,27,32)(H,28,29,31). The molecule has 1 aliphatic carbocycles. The van der Waals surface area contributed by atoms with Crippen molar-refractivity contribution in [2.45, 2.75) is 46.1 Å². The van der Waals surface area contributed by atoms with Gasteiger partial charge in [-0.2, -0.15) is 0 Å². The fourth-order valence-electron chi connectivity index (χ4n) is 3.69. The molecule has 3 aromatic rings. The molecule has 172 valence electrons. The van der Waals surface area contributed by atoms with Gasteiger partial charge in [-0.3, -0.25) is 14.5 Å². The Bertz CT molecular complexity index is 1140. The van der Waals surface area contributed by atoms with Gasteiger partial charge in [-0.15, -0.1) is 11.3 Å². The lowest BCUT2D eigenvalue weighted by atomic mass is 10.1. The first-order valence-electron chi connectivity index (χ1n) is 11.3. The molecular weight excluding hydrogens is 432 g/mol. The third-order valence-electron chi connectivity index (χ3n) is 5.80. The molecule has 2 aromatic carbocycles. The van der Waals surface area contributed by atoms with Gasteiger partial charge in [-0.05, 0) is 50.8 Å². The Morgan fingerprint density at radius 2 is 1.73 bits per heavy atom. The summed E-state index contributed by atoms with van der Waals surface area (Å²) in [5.41, 5.74) is 6.09. The molecule has 2 amide bonds. The van der Waals surface area contributed by atoms with Crippen LogP contribution in [0, 0.1) is 20.8 Å². The lowest BCUT2D eigenvalue weighted by Gasteiger charge is -2.21. The van der Waals surface area contributed by atoms with E-state index in [0.717, 1.165) is 40.9 Å². The Morgan fingerprint density at radius 1 is 1.00 bits per heavy atom. The van der Waals surface area contributed by atoms with Gasteiger partial charge in [0.15, 0.2) is 5.13 Å². The second-order valence-corrected chi connectivity index (χ2v) is 9.63. The van der Waals surface area contributed by atoms with E-state index in [1.54, 1.807) is 0 Å². The van der Waals surface area contributed by atoms with Gasteiger partial charge in [0, 0.05) is 35.6 Å². The molecule has 0 bridgehead atoms. The van der Waals surface area contributed by atoms with Crippen LogP contribution < -0.4 is 10.6 Å². The van der Waals surface area contributed by atoms with Crippen molar-refractivity contribution in [1.82, 2.24) is 9.88 Å². The summed E-state index contributed by atoms with van der Waals surface area (Å²) < 4.78 is 0. The van der Waals surface area contributed by atoms with Crippen molar-refractivity contribution >= 4 is 34.0 Å². The Labute approximate surface area is 199 Å². The van der Waals surface area contributed by atoms with E-state index in [4.69, 9.17) is 0 Å². The van der Waals surface area contributed by atoms with Crippen LogP contribution in [-0.2, 0) is 9.59 Å². The summed E-state index contributed by atoms with van der Waals surface area (Å²) in [6.07, 6.45) is 2.47. The molecule has 0 saturated heterocycles. The number of hydrogen-bond donors (Lipinski definition) is 2. The summed E-state index contributed by atoms with van der Waals surface area (Å²) in [5.74, 6) is -0.126. The molecule has 6 nitrogen and oxygen atoms in total. The molecule has 0 unspecified atom stereocenters. The summed E-state index contributed by atoms with van der Waals surface area (Å²) in [5, 5.41) is 8.48. The molecule has 1 saturated carbocycles. The number of aromatic nitrogens is 1. The van der Waals surface area contributed by atoms with E-state index in [0.29, 0.717) is 30.7 Å². The Morgan fingerprint density at radius 3 is 2.45 bits per heavy atom. The van der Waals surface area contributed by atoms with Crippen molar-refractivity contribution in [1.29, 1.82) is 0 Å². The summed E-state index contributed by atoms with van der Waals surface area (Å²) in [6.45, 7) is 6.89. The van der Waals surface area contributed by atoms with Gasteiger partial charge in [-0.1, -0.05) is 42.0 Å². The third-order valence-corrected chi connectivity index (χ3v) is 6.56. The average molecular weight is 463 g/mol. The van der Waals surface area contributed by atoms with Crippen LogP contribution in [0.1, 0.15) is 36.0 Å². The highest BCUT2D eigenvalue weighted by molar-refractivity contribution is 7.14. The number of carbonyl (C=O) groups excluding carboxylic acids is 2.